The van der Waals surface area contributed by atoms with Crippen LogP contribution in [-0.2, 0) is 12.8 Å². The summed E-state index contributed by atoms with van der Waals surface area (Å²) in [7, 11) is 0. The number of hydrogen-bond donors (Lipinski definition) is 0. The highest BCUT2D eigenvalue weighted by molar-refractivity contribution is 5.48. The Labute approximate surface area is 171 Å². The Kier molecular flexibility index (Phi) is 5.79. The van der Waals surface area contributed by atoms with Gasteiger partial charge in [0.1, 0.15) is 0 Å². The van der Waals surface area contributed by atoms with Crippen LogP contribution in [0.1, 0.15) is 66.8 Å². The van der Waals surface area contributed by atoms with Gasteiger partial charge in [0.2, 0.25) is 0 Å². The van der Waals surface area contributed by atoms with Gasteiger partial charge in [-0.25, -0.2) is 0 Å². The van der Waals surface area contributed by atoms with Crippen LogP contribution in [0.15, 0.2) is 36.4 Å². The molecule has 0 saturated carbocycles. The van der Waals surface area contributed by atoms with Gasteiger partial charge in [-0.3, -0.25) is 0 Å². The maximum atomic E-state index is 2.40. The third kappa shape index (κ3) is 4.22. The molecule has 0 unspecified atom stereocenters. The lowest BCUT2D eigenvalue weighted by Crippen LogP contribution is -2.03. The molecule has 0 aliphatic carbocycles. The van der Waals surface area contributed by atoms with Gasteiger partial charge in [-0.1, -0.05) is 47.5 Å². The van der Waals surface area contributed by atoms with Crippen LogP contribution in [0.4, 0.5) is 0 Å². The maximum absolute atomic E-state index is 2.40. The average molecular weight is 371 g/mol. The van der Waals surface area contributed by atoms with E-state index in [1.807, 2.05) is 0 Å². The van der Waals surface area contributed by atoms with Crippen LogP contribution in [0.3, 0.4) is 0 Å². The molecule has 0 aromatic heterocycles. The summed E-state index contributed by atoms with van der Waals surface area (Å²) >= 11 is 0. The Morgan fingerprint density at radius 3 is 1.04 bits per heavy atom. The molecule has 0 spiro atoms. The molecule has 0 aliphatic rings. The fourth-order valence-corrected chi connectivity index (χ4v) is 4.82. The Bertz CT molecular complexity index is 965. The van der Waals surface area contributed by atoms with Crippen LogP contribution in [0.25, 0.3) is 0 Å². The number of aryl methyl sites for hydroxylation is 8. The lowest BCUT2D eigenvalue weighted by atomic mass is 9.87. The molecule has 0 heterocycles. The van der Waals surface area contributed by atoms with Gasteiger partial charge in [0, 0.05) is 0 Å². The van der Waals surface area contributed by atoms with E-state index in [0.29, 0.717) is 0 Å². The summed E-state index contributed by atoms with van der Waals surface area (Å²) in [6, 6.07) is 14.0. The molecule has 3 aromatic carbocycles. The van der Waals surface area contributed by atoms with Crippen molar-refractivity contribution in [2.45, 2.75) is 68.2 Å². The third-order valence-corrected chi connectivity index (χ3v) is 6.17. The molecule has 0 amide bonds. The Morgan fingerprint density at radius 2 is 0.679 bits per heavy atom. The van der Waals surface area contributed by atoms with Crippen molar-refractivity contribution >= 4 is 0 Å². The fourth-order valence-electron chi connectivity index (χ4n) is 4.82. The highest BCUT2D eigenvalue weighted by Gasteiger charge is 2.12. The number of rotatable bonds is 4. The van der Waals surface area contributed by atoms with Gasteiger partial charge in [0.05, 0.1) is 0 Å². The van der Waals surface area contributed by atoms with Gasteiger partial charge in [0.15, 0.2) is 0 Å². The highest BCUT2D eigenvalue weighted by atomic mass is 14.2. The summed E-state index contributed by atoms with van der Waals surface area (Å²) in [5.41, 5.74) is 17.0. The van der Waals surface area contributed by atoms with Crippen molar-refractivity contribution in [3.8, 4) is 0 Å². The second kappa shape index (κ2) is 7.95. The first-order valence-corrected chi connectivity index (χ1v) is 10.4. The molecule has 146 valence electrons. The van der Waals surface area contributed by atoms with Crippen molar-refractivity contribution in [3.05, 3.63) is 103 Å². The van der Waals surface area contributed by atoms with Gasteiger partial charge in [0.25, 0.3) is 0 Å². The van der Waals surface area contributed by atoms with E-state index < -0.39 is 0 Å². The fraction of sp³-hybridized carbons (Fsp3) is 0.357. The largest absolute Gasteiger partial charge is 0.0561 e. The van der Waals surface area contributed by atoms with Gasteiger partial charge in [-0.2, -0.15) is 0 Å². The highest BCUT2D eigenvalue weighted by Crippen LogP contribution is 2.27. The number of hydrogen-bond acceptors (Lipinski definition) is 0. The first kappa shape index (κ1) is 20.4. The quantitative estimate of drug-likeness (QED) is 0.451. The zero-order chi connectivity index (χ0) is 20.6. The molecular weight excluding hydrogens is 336 g/mol. The number of benzene rings is 3. The molecular formula is C28H34. The molecule has 0 N–H and O–H groups in total. The lowest BCUT2D eigenvalue weighted by Gasteiger charge is -2.18. The summed E-state index contributed by atoms with van der Waals surface area (Å²) in [5, 5.41) is 0. The normalized spacial score (nSPS) is 11.1. The minimum atomic E-state index is 1.02. The first-order chi connectivity index (χ1) is 13.2. The van der Waals surface area contributed by atoms with Crippen molar-refractivity contribution < 1.29 is 0 Å². The summed E-state index contributed by atoms with van der Waals surface area (Å²) in [6.07, 6.45) is 2.04. The molecule has 0 saturated heterocycles. The van der Waals surface area contributed by atoms with E-state index in [1.54, 1.807) is 0 Å². The van der Waals surface area contributed by atoms with E-state index >= 15 is 0 Å². The van der Waals surface area contributed by atoms with E-state index in [0.717, 1.165) is 12.8 Å². The van der Waals surface area contributed by atoms with Gasteiger partial charge >= 0.3 is 0 Å². The Balaban J connectivity index is 1.94. The molecule has 0 bridgehead atoms. The van der Waals surface area contributed by atoms with Crippen molar-refractivity contribution in [1.82, 2.24) is 0 Å². The summed E-state index contributed by atoms with van der Waals surface area (Å²) < 4.78 is 0. The molecule has 0 atom stereocenters. The summed E-state index contributed by atoms with van der Waals surface area (Å²) in [6.45, 7) is 17.9. The van der Waals surface area contributed by atoms with Crippen LogP contribution >= 0.6 is 0 Å². The molecule has 0 heteroatoms. The van der Waals surface area contributed by atoms with Crippen LogP contribution in [0, 0.1) is 55.4 Å². The molecule has 0 nitrogen and oxygen atoms in total. The topological polar surface area (TPSA) is 0 Å². The Morgan fingerprint density at radius 1 is 0.393 bits per heavy atom. The molecule has 3 rings (SSSR count). The van der Waals surface area contributed by atoms with Gasteiger partial charge in [-0.05, 0) is 124 Å². The van der Waals surface area contributed by atoms with E-state index in [9.17, 15) is 0 Å². The maximum Gasteiger partial charge on any atom is -0.00153 e. The summed E-state index contributed by atoms with van der Waals surface area (Å²) in [5.74, 6) is 0. The van der Waals surface area contributed by atoms with Crippen molar-refractivity contribution in [3.63, 3.8) is 0 Å². The van der Waals surface area contributed by atoms with Crippen LogP contribution < -0.4 is 0 Å². The second-order valence-corrected chi connectivity index (χ2v) is 8.82. The van der Waals surface area contributed by atoms with Crippen molar-refractivity contribution in [2.24, 2.45) is 0 Å². The zero-order valence-electron chi connectivity index (χ0n) is 18.9. The Hall–Kier alpha value is -2.34. The molecule has 0 aliphatic heterocycles. The minimum absolute atomic E-state index is 1.02. The van der Waals surface area contributed by atoms with E-state index in [2.05, 4.69) is 91.8 Å². The average Bonchev–Trinajstić information content (AvgIpc) is 2.56. The lowest BCUT2D eigenvalue weighted by molar-refractivity contribution is 1.05. The predicted octanol–water partition coefficient (Wildman–Crippen LogP) is 7.34. The van der Waals surface area contributed by atoms with Crippen LogP contribution in [0.5, 0.6) is 0 Å². The van der Waals surface area contributed by atoms with E-state index in [4.69, 9.17) is 0 Å². The second-order valence-electron chi connectivity index (χ2n) is 8.82. The summed E-state index contributed by atoms with van der Waals surface area (Å²) in [4.78, 5) is 0. The third-order valence-electron chi connectivity index (χ3n) is 6.17. The minimum Gasteiger partial charge on any atom is -0.0561 e. The smallest absolute Gasteiger partial charge is 0.00153 e. The molecule has 0 radical (unpaired) electrons. The standard InChI is InChI=1S/C28H34/c1-17-9-19(3)26(20(4)10-17)15-25-13-23(7)28(24(8)14-25)16-27-21(5)11-18(2)12-22(27)6/h9-14H,15-16H2,1-8H3. The van der Waals surface area contributed by atoms with Crippen LogP contribution in [-0.4, -0.2) is 0 Å². The molecule has 0 fully saturated rings. The van der Waals surface area contributed by atoms with Gasteiger partial charge in [-0.15, -0.1) is 0 Å². The van der Waals surface area contributed by atoms with Crippen LogP contribution in [0.2, 0.25) is 0 Å². The van der Waals surface area contributed by atoms with Gasteiger partial charge < -0.3 is 0 Å². The first-order valence-electron chi connectivity index (χ1n) is 10.4. The van der Waals surface area contributed by atoms with Crippen molar-refractivity contribution in [2.75, 3.05) is 0 Å². The monoisotopic (exact) mass is 370 g/mol. The van der Waals surface area contributed by atoms with Crippen molar-refractivity contribution in [1.29, 1.82) is 0 Å². The van der Waals surface area contributed by atoms with E-state index in [-0.39, 0.29) is 0 Å². The predicted molar refractivity (Wildman–Crippen MR) is 123 cm³/mol. The zero-order valence-corrected chi connectivity index (χ0v) is 18.9. The molecule has 3 aromatic rings. The van der Waals surface area contributed by atoms with E-state index in [1.165, 1.54) is 66.8 Å². The SMILES string of the molecule is Cc1cc(C)c(Cc2cc(C)c(Cc3c(C)cc(C)cc3C)c(C)c2)c(C)c1. The molecule has 28 heavy (non-hydrogen) atoms.